The van der Waals surface area contributed by atoms with E-state index in [0.717, 1.165) is 16.8 Å². The third-order valence-corrected chi connectivity index (χ3v) is 6.99. The molecule has 0 fully saturated rings. The van der Waals surface area contributed by atoms with Crippen LogP contribution in [0.5, 0.6) is 0 Å². The summed E-state index contributed by atoms with van der Waals surface area (Å²) in [5.74, 6) is 0.0528. The van der Waals surface area contributed by atoms with Crippen LogP contribution < -0.4 is 5.32 Å². The molecule has 0 saturated carbocycles. The van der Waals surface area contributed by atoms with Gasteiger partial charge in [0.15, 0.2) is 15.0 Å². The van der Waals surface area contributed by atoms with Gasteiger partial charge in [-0.1, -0.05) is 42.1 Å². The highest BCUT2D eigenvalue weighted by Crippen LogP contribution is 2.21. The van der Waals surface area contributed by atoms with Crippen molar-refractivity contribution in [1.29, 1.82) is 0 Å². The predicted molar refractivity (Wildman–Crippen MR) is 114 cm³/mol. The van der Waals surface area contributed by atoms with Crippen molar-refractivity contribution in [2.45, 2.75) is 29.7 Å². The Kier molecular flexibility index (Phi) is 6.39. The van der Waals surface area contributed by atoms with Crippen LogP contribution in [-0.4, -0.2) is 34.8 Å². The van der Waals surface area contributed by atoms with E-state index in [1.807, 2.05) is 32.0 Å². The minimum atomic E-state index is -3.52. The zero-order chi connectivity index (χ0) is 21.0. The molecule has 9 heteroatoms. The average molecular weight is 431 g/mol. The first-order chi connectivity index (χ1) is 13.8. The molecule has 0 radical (unpaired) electrons. The molecule has 1 aromatic heterocycles. The number of rotatable bonds is 7. The summed E-state index contributed by atoms with van der Waals surface area (Å²) >= 11 is 1.21. The lowest BCUT2D eigenvalue weighted by Crippen LogP contribution is -2.15. The van der Waals surface area contributed by atoms with Gasteiger partial charge in [0.2, 0.25) is 5.91 Å². The number of carbonyl (C=O) groups excluding carboxylic acids is 1. The Morgan fingerprint density at radius 2 is 1.83 bits per heavy atom. The predicted octanol–water partition coefficient (Wildman–Crippen LogP) is 3.14. The van der Waals surface area contributed by atoms with Crippen LogP contribution in [0, 0.1) is 13.8 Å². The number of hydrogen-bond acceptors (Lipinski definition) is 6. The van der Waals surface area contributed by atoms with Crippen LogP contribution in [0.2, 0.25) is 0 Å². The Labute approximate surface area is 174 Å². The van der Waals surface area contributed by atoms with Crippen molar-refractivity contribution in [3.05, 3.63) is 65.5 Å². The highest BCUT2D eigenvalue weighted by molar-refractivity contribution is 7.99. The van der Waals surface area contributed by atoms with E-state index >= 15 is 0 Å². The minimum Gasteiger partial charge on any atom is -0.325 e. The number of nitrogens with one attached hydrogen (secondary N) is 1. The lowest BCUT2D eigenvalue weighted by molar-refractivity contribution is -0.113. The maximum Gasteiger partial charge on any atom is 0.234 e. The molecule has 1 amide bonds. The number of sulfone groups is 1. The van der Waals surface area contributed by atoms with Gasteiger partial charge < -0.3 is 9.88 Å². The molecule has 0 atom stereocenters. The summed E-state index contributed by atoms with van der Waals surface area (Å²) in [4.78, 5) is 12.5. The third kappa shape index (κ3) is 5.24. The van der Waals surface area contributed by atoms with Gasteiger partial charge in [0, 0.05) is 12.7 Å². The molecule has 7 nitrogen and oxygen atoms in total. The van der Waals surface area contributed by atoms with Crippen LogP contribution in [0.3, 0.4) is 0 Å². The Morgan fingerprint density at radius 1 is 1.10 bits per heavy atom. The number of amides is 1. The molecule has 2 aromatic carbocycles. The number of aromatic nitrogens is 3. The fourth-order valence-corrected chi connectivity index (χ4v) is 4.72. The van der Waals surface area contributed by atoms with E-state index in [0.29, 0.717) is 11.0 Å². The standard InChI is InChI=1S/C20H22N4O3S2/c1-14-9-10-15(2)17(11-14)21-19(25)12-28-20-23-22-18(24(20)3)13-29(26,27)16-7-5-4-6-8-16/h4-11H,12-13H2,1-3H3,(H,21,25). The van der Waals surface area contributed by atoms with E-state index in [1.165, 1.54) is 11.8 Å². The van der Waals surface area contributed by atoms with Crippen molar-refractivity contribution in [2.24, 2.45) is 7.05 Å². The largest absolute Gasteiger partial charge is 0.325 e. The van der Waals surface area contributed by atoms with Crippen LogP contribution in [0.15, 0.2) is 58.6 Å². The summed E-state index contributed by atoms with van der Waals surface area (Å²) in [6.45, 7) is 3.90. The van der Waals surface area contributed by atoms with Gasteiger partial charge in [-0.25, -0.2) is 8.42 Å². The molecular weight excluding hydrogens is 408 g/mol. The maximum atomic E-state index is 12.5. The minimum absolute atomic E-state index is 0.144. The van der Waals surface area contributed by atoms with Gasteiger partial charge in [0.1, 0.15) is 11.6 Å². The van der Waals surface area contributed by atoms with E-state index in [1.54, 1.807) is 41.9 Å². The van der Waals surface area contributed by atoms with Crippen LogP contribution >= 0.6 is 11.8 Å². The number of nitrogens with zero attached hydrogens (tertiary/aromatic N) is 3. The zero-order valence-corrected chi connectivity index (χ0v) is 18.0. The Morgan fingerprint density at radius 3 is 2.55 bits per heavy atom. The molecule has 0 aliphatic rings. The second-order valence-corrected chi connectivity index (χ2v) is 9.62. The number of carbonyl (C=O) groups is 1. The first-order valence-corrected chi connectivity index (χ1v) is 11.6. The summed E-state index contributed by atoms with van der Waals surface area (Å²) in [6, 6.07) is 14.1. The molecule has 29 heavy (non-hydrogen) atoms. The molecule has 0 bridgehead atoms. The number of benzene rings is 2. The van der Waals surface area contributed by atoms with E-state index in [4.69, 9.17) is 0 Å². The summed E-state index contributed by atoms with van der Waals surface area (Å²) in [7, 11) is -1.82. The van der Waals surface area contributed by atoms with Crippen molar-refractivity contribution in [2.75, 3.05) is 11.1 Å². The van der Waals surface area contributed by atoms with E-state index in [2.05, 4.69) is 15.5 Å². The maximum absolute atomic E-state index is 12.5. The van der Waals surface area contributed by atoms with Gasteiger partial charge in [-0.15, -0.1) is 10.2 Å². The number of aryl methyl sites for hydroxylation is 2. The summed E-state index contributed by atoms with van der Waals surface area (Å²) in [5.41, 5.74) is 2.83. The van der Waals surface area contributed by atoms with E-state index in [-0.39, 0.29) is 22.3 Å². The second-order valence-electron chi connectivity index (χ2n) is 6.69. The van der Waals surface area contributed by atoms with Crippen LogP contribution in [0.1, 0.15) is 17.0 Å². The molecular formula is C20H22N4O3S2. The molecule has 0 unspecified atom stereocenters. The Bertz CT molecular complexity index is 1130. The molecule has 1 N–H and O–H groups in total. The molecule has 0 aliphatic heterocycles. The first-order valence-electron chi connectivity index (χ1n) is 8.92. The number of thioether (sulfide) groups is 1. The highest BCUT2D eigenvalue weighted by atomic mass is 32.2. The molecule has 0 spiro atoms. The number of anilines is 1. The Hall–Kier alpha value is -2.65. The summed E-state index contributed by atoms with van der Waals surface area (Å²) in [6.07, 6.45) is 0. The average Bonchev–Trinajstić information content (AvgIpc) is 3.03. The monoisotopic (exact) mass is 430 g/mol. The van der Waals surface area contributed by atoms with Gasteiger partial charge in [-0.3, -0.25) is 4.79 Å². The topological polar surface area (TPSA) is 94.0 Å². The van der Waals surface area contributed by atoms with Crippen molar-refractivity contribution in [3.8, 4) is 0 Å². The number of hydrogen-bond donors (Lipinski definition) is 1. The second kappa shape index (κ2) is 8.79. The molecule has 152 valence electrons. The molecule has 3 aromatic rings. The van der Waals surface area contributed by atoms with Gasteiger partial charge in [0.05, 0.1) is 10.6 Å². The first kappa shape index (κ1) is 21.1. The third-order valence-electron chi connectivity index (χ3n) is 4.35. The van der Waals surface area contributed by atoms with E-state index < -0.39 is 9.84 Å². The van der Waals surface area contributed by atoms with Gasteiger partial charge >= 0.3 is 0 Å². The summed E-state index contributed by atoms with van der Waals surface area (Å²) in [5, 5.41) is 11.4. The van der Waals surface area contributed by atoms with Gasteiger partial charge in [-0.05, 0) is 43.2 Å². The highest BCUT2D eigenvalue weighted by Gasteiger charge is 2.20. The van der Waals surface area contributed by atoms with Crippen molar-refractivity contribution >= 4 is 33.2 Å². The van der Waals surface area contributed by atoms with Crippen LogP contribution in [0.4, 0.5) is 5.69 Å². The normalized spacial score (nSPS) is 11.4. The molecule has 1 heterocycles. The summed E-state index contributed by atoms with van der Waals surface area (Å²) < 4.78 is 26.7. The van der Waals surface area contributed by atoms with Crippen molar-refractivity contribution < 1.29 is 13.2 Å². The lowest BCUT2D eigenvalue weighted by atomic mass is 10.1. The fraction of sp³-hybridized carbons (Fsp3) is 0.250. The van der Waals surface area contributed by atoms with Crippen molar-refractivity contribution in [3.63, 3.8) is 0 Å². The van der Waals surface area contributed by atoms with E-state index in [9.17, 15) is 13.2 Å². The van der Waals surface area contributed by atoms with Gasteiger partial charge in [0.25, 0.3) is 0 Å². The molecule has 0 saturated heterocycles. The zero-order valence-electron chi connectivity index (χ0n) is 16.4. The smallest absolute Gasteiger partial charge is 0.234 e. The fourth-order valence-electron chi connectivity index (χ4n) is 2.66. The Balaban J connectivity index is 1.64. The van der Waals surface area contributed by atoms with Crippen LogP contribution in [0.25, 0.3) is 0 Å². The molecule has 0 aliphatic carbocycles. The van der Waals surface area contributed by atoms with Crippen LogP contribution in [-0.2, 0) is 27.4 Å². The van der Waals surface area contributed by atoms with Crippen molar-refractivity contribution in [1.82, 2.24) is 14.8 Å². The SMILES string of the molecule is Cc1ccc(C)c(NC(=O)CSc2nnc(CS(=O)(=O)c3ccccc3)n2C)c1. The molecule has 3 rings (SSSR count). The lowest BCUT2D eigenvalue weighted by Gasteiger charge is -2.09. The quantitative estimate of drug-likeness (QED) is 0.579. The van der Waals surface area contributed by atoms with Gasteiger partial charge in [-0.2, -0.15) is 0 Å².